The molecule has 0 unspecified atom stereocenters. The van der Waals surface area contributed by atoms with Crippen LogP contribution in [0.3, 0.4) is 0 Å². The summed E-state index contributed by atoms with van der Waals surface area (Å²) in [7, 11) is 0. The smallest absolute Gasteiger partial charge is 0.380 e. The summed E-state index contributed by atoms with van der Waals surface area (Å²) in [4.78, 5) is 4.29. The van der Waals surface area contributed by atoms with Crippen LogP contribution in [0.2, 0.25) is 0 Å². The summed E-state index contributed by atoms with van der Waals surface area (Å²) in [5.41, 5.74) is 4.91. The van der Waals surface area contributed by atoms with E-state index in [0.717, 1.165) is 6.92 Å². The number of anilines is 1. The topological polar surface area (TPSA) is 50.9 Å². The number of rotatable bonds is 5. The molecule has 3 aromatic rings. The summed E-state index contributed by atoms with van der Waals surface area (Å²) >= 11 is 0. The van der Waals surface area contributed by atoms with Gasteiger partial charge < -0.3 is 11.1 Å². The Morgan fingerprint density at radius 3 is 2.24 bits per heavy atom. The fourth-order valence-electron chi connectivity index (χ4n) is 2.68. The summed E-state index contributed by atoms with van der Waals surface area (Å²) in [6.45, 7) is 0.145. The molecule has 0 aliphatic rings. The zero-order chi connectivity index (χ0) is 21.2. The summed E-state index contributed by atoms with van der Waals surface area (Å²) in [6.07, 6.45) is -3.09. The first-order valence-electron chi connectivity index (χ1n) is 8.69. The van der Waals surface area contributed by atoms with E-state index in [0.29, 0.717) is 22.4 Å². The third kappa shape index (κ3) is 4.54. The van der Waals surface area contributed by atoms with Crippen LogP contribution < -0.4 is 11.1 Å². The first kappa shape index (κ1) is 20.7. The van der Waals surface area contributed by atoms with Gasteiger partial charge in [0.15, 0.2) is 0 Å². The van der Waals surface area contributed by atoms with Gasteiger partial charge in [-0.15, -0.1) is 0 Å². The lowest BCUT2D eigenvalue weighted by atomic mass is 9.99. The summed E-state index contributed by atoms with van der Waals surface area (Å²) in [6, 6.07) is 13.3. The van der Waals surface area contributed by atoms with Crippen molar-refractivity contribution < 1.29 is 22.0 Å². The van der Waals surface area contributed by atoms with Crippen LogP contribution in [0, 0.1) is 11.6 Å². The quantitative estimate of drug-likeness (QED) is 0.558. The highest BCUT2D eigenvalue weighted by atomic mass is 19.4. The number of hydrogen-bond donors (Lipinski definition) is 2. The van der Waals surface area contributed by atoms with Gasteiger partial charge in [-0.05, 0) is 42.8 Å². The van der Waals surface area contributed by atoms with Crippen LogP contribution in [0.25, 0.3) is 22.4 Å². The van der Waals surface area contributed by atoms with Gasteiger partial charge in [0.1, 0.15) is 17.2 Å². The third-order valence-electron chi connectivity index (χ3n) is 4.50. The van der Waals surface area contributed by atoms with E-state index in [1.165, 1.54) is 30.5 Å². The summed E-state index contributed by atoms with van der Waals surface area (Å²) in [5.74, 6) is -1.12. The Balaban J connectivity index is 1.89. The molecule has 8 heteroatoms. The first-order chi connectivity index (χ1) is 13.6. The maximum atomic E-state index is 14.5. The standard InChI is InChI=1S/C21H18F5N3/c1-20(27,21(24,25)26)12-29-18-9-6-14(11-17(18)23)19-16(3-2-10-28-19)13-4-7-15(22)8-5-13/h2-11,29H,12,27H2,1H3/t20-/m1/s1. The first-order valence-corrected chi connectivity index (χ1v) is 8.69. The Bertz CT molecular complexity index is 998. The summed E-state index contributed by atoms with van der Waals surface area (Å²) < 4.78 is 66.3. The van der Waals surface area contributed by atoms with Crippen LogP contribution in [0.5, 0.6) is 0 Å². The third-order valence-corrected chi connectivity index (χ3v) is 4.50. The molecule has 1 aromatic heterocycles. The number of aromatic nitrogens is 1. The van der Waals surface area contributed by atoms with E-state index in [1.54, 1.807) is 30.3 Å². The maximum absolute atomic E-state index is 14.5. The van der Waals surface area contributed by atoms with Crippen LogP contribution in [0.1, 0.15) is 6.92 Å². The van der Waals surface area contributed by atoms with Gasteiger partial charge in [0.25, 0.3) is 0 Å². The van der Waals surface area contributed by atoms with Gasteiger partial charge in [0, 0.05) is 23.9 Å². The number of halogens is 5. The monoisotopic (exact) mass is 407 g/mol. The second-order valence-electron chi connectivity index (χ2n) is 6.87. The second-order valence-corrected chi connectivity index (χ2v) is 6.87. The number of nitrogens with zero attached hydrogens (tertiary/aromatic N) is 1. The van der Waals surface area contributed by atoms with Gasteiger partial charge in [0.2, 0.25) is 0 Å². The molecule has 3 rings (SSSR count). The van der Waals surface area contributed by atoms with Crippen molar-refractivity contribution in [1.82, 2.24) is 4.98 Å². The second kappa shape index (κ2) is 7.79. The Morgan fingerprint density at radius 2 is 1.62 bits per heavy atom. The zero-order valence-corrected chi connectivity index (χ0v) is 15.4. The minimum absolute atomic E-state index is 0.103. The average Bonchev–Trinajstić information content (AvgIpc) is 2.67. The molecular weight excluding hydrogens is 389 g/mol. The molecule has 152 valence electrons. The van der Waals surface area contributed by atoms with Crippen molar-refractivity contribution in [2.24, 2.45) is 5.73 Å². The molecule has 0 aliphatic heterocycles. The van der Waals surface area contributed by atoms with Crippen LogP contribution in [-0.4, -0.2) is 23.2 Å². The Labute approximate surface area is 164 Å². The molecule has 3 nitrogen and oxygen atoms in total. The number of pyridine rings is 1. The highest BCUT2D eigenvalue weighted by molar-refractivity contribution is 5.81. The average molecular weight is 407 g/mol. The van der Waals surface area contributed by atoms with Crippen LogP contribution in [0.4, 0.5) is 27.6 Å². The van der Waals surface area contributed by atoms with E-state index in [9.17, 15) is 22.0 Å². The molecular formula is C21H18F5N3. The molecule has 0 radical (unpaired) electrons. The lowest BCUT2D eigenvalue weighted by Gasteiger charge is -2.28. The Morgan fingerprint density at radius 1 is 0.966 bits per heavy atom. The van der Waals surface area contributed by atoms with E-state index < -0.39 is 24.1 Å². The van der Waals surface area contributed by atoms with Crippen LogP contribution in [0.15, 0.2) is 60.8 Å². The van der Waals surface area contributed by atoms with Gasteiger partial charge >= 0.3 is 6.18 Å². The predicted octanol–water partition coefficient (Wildman–Crippen LogP) is 5.39. The molecule has 3 N–H and O–H groups in total. The number of nitrogens with two attached hydrogens (primary N) is 1. The molecule has 0 bridgehead atoms. The van der Waals surface area contributed by atoms with Crippen molar-refractivity contribution in [2.45, 2.75) is 18.6 Å². The van der Waals surface area contributed by atoms with Crippen molar-refractivity contribution in [3.8, 4) is 22.4 Å². The van der Waals surface area contributed by atoms with Crippen molar-refractivity contribution in [2.75, 3.05) is 11.9 Å². The normalized spacial score (nSPS) is 13.8. The molecule has 0 amide bonds. The fraction of sp³-hybridized carbons (Fsp3) is 0.190. The van der Waals surface area contributed by atoms with E-state index in [2.05, 4.69) is 10.3 Å². The van der Waals surface area contributed by atoms with Crippen LogP contribution >= 0.6 is 0 Å². The maximum Gasteiger partial charge on any atom is 0.407 e. The Kier molecular flexibility index (Phi) is 5.57. The zero-order valence-electron chi connectivity index (χ0n) is 15.4. The predicted molar refractivity (Wildman–Crippen MR) is 102 cm³/mol. The Hall–Kier alpha value is -3.00. The number of alkyl halides is 3. The molecule has 0 spiro atoms. The van der Waals surface area contributed by atoms with Gasteiger partial charge in [-0.3, -0.25) is 4.98 Å². The van der Waals surface area contributed by atoms with Gasteiger partial charge in [-0.1, -0.05) is 24.3 Å². The molecule has 0 saturated carbocycles. The molecule has 29 heavy (non-hydrogen) atoms. The highest BCUT2D eigenvalue weighted by Crippen LogP contribution is 2.33. The molecule has 1 heterocycles. The highest BCUT2D eigenvalue weighted by Gasteiger charge is 2.47. The minimum Gasteiger partial charge on any atom is -0.380 e. The van der Waals surface area contributed by atoms with E-state index in [4.69, 9.17) is 5.73 Å². The van der Waals surface area contributed by atoms with Crippen molar-refractivity contribution in [3.63, 3.8) is 0 Å². The lowest BCUT2D eigenvalue weighted by Crippen LogP contribution is -2.55. The van der Waals surface area contributed by atoms with Gasteiger partial charge in [-0.2, -0.15) is 13.2 Å². The lowest BCUT2D eigenvalue weighted by molar-refractivity contribution is -0.176. The van der Waals surface area contributed by atoms with Crippen LogP contribution in [-0.2, 0) is 0 Å². The molecule has 1 atom stereocenters. The minimum atomic E-state index is -4.63. The van der Waals surface area contributed by atoms with Crippen molar-refractivity contribution in [1.29, 1.82) is 0 Å². The van der Waals surface area contributed by atoms with Gasteiger partial charge in [-0.25, -0.2) is 8.78 Å². The SMILES string of the molecule is C[C@@](N)(CNc1ccc(-c2ncccc2-c2ccc(F)cc2)cc1F)C(F)(F)F. The molecule has 0 saturated heterocycles. The summed E-state index contributed by atoms with van der Waals surface area (Å²) in [5, 5.41) is 2.41. The largest absolute Gasteiger partial charge is 0.407 e. The van der Waals surface area contributed by atoms with Gasteiger partial charge in [0.05, 0.1) is 11.4 Å². The number of hydrogen-bond acceptors (Lipinski definition) is 3. The number of benzene rings is 2. The van der Waals surface area contributed by atoms with E-state index in [1.807, 2.05) is 0 Å². The fourth-order valence-corrected chi connectivity index (χ4v) is 2.68. The molecule has 2 aromatic carbocycles. The molecule has 0 aliphatic carbocycles. The van der Waals surface area contributed by atoms with Crippen molar-refractivity contribution in [3.05, 3.63) is 72.4 Å². The molecule has 0 fully saturated rings. The van der Waals surface area contributed by atoms with E-state index >= 15 is 0 Å². The van der Waals surface area contributed by atoms with E-state index in [-0.39, 0.29) is 11.5 Å². The van der Waals surface area contributed by atoms with Crippen molar-refractivity contribution >= 4 is 5.69 Å². The number of nitrogens with one attached hydrogen (secondary N) is 1.